The molecule has 0 aromatic heterocycles. The Bertz CT molecular complexity index is 281. The summed E-state index contributed by atoms with van der Waals surface area (Å²) in [4.78, 5) is 0. The van der Waals surface area contributed by atoms with E-state index < -0.39 is 0 Å². The van der Waals surface area contributed by atoms with Crippen molar-refractivity contribution in [1.29, 1.82) is 0 Å². The molecule has 0 aliphatic rings. The van der Waals surface area contributed by atoms with Crippen LogP contribution in [-0.4, -0.2) is 0 Å². The van der Waals surface area contributed by atoms with Gasteiger partial charge in [-0.15, -0.1) is 0 Å². The standard InChI is InChI=1S/C15H24/c1-6-8-9-10-14(5)15(7-2)12-11-13(3)4/h8-12H,6-7H2,1-5H3/b9-8-,14-10+,15-12+. The monoisotopic (exact) mass is 204 g/mol. The SMILES string of the molecule is CC\C=C/C=C(C)/C(=C/C=C(C)C)CC. The Hall–Kier alpha value is -1.04. The summed E-state index contributed by atoms with van der Waals surface area (Å²) < 4.78 is 0. The van der Waals surface area contributed by atoms with E-state index in [4.69, 9.17) is 0 Å². The van der Waals surface area contributed by atoms with Crippen molar-refractivity contribution >= 4 is 0 Å². The van der Waals surface area contributed by atoms with E-state index in [9.17, 15) is 0 Å². The number of allylic oxidation sites excluding steroid dienone is 8. The maximum atomic E-state index is 2.22. The molecule has 0 nitrogen and oxygen atoms in total. The molecule has 0 spiro atoms. The highest BCUT2D eigenvalue weighted by molar-refractivity contribution is 5.34. The van der Waals surface area contributed by atoms with Crippen LogP contribution in [-0.2, 0) is 0 Å². The van der Waals surface area contributed by atoms with Crippen molar-refractivity contribution in [2.24, 2.45) is 0 Å². The van der Waals surface area contributed by atoms with Gasteiger partial charge in [0.1, 0.15) is 0 Å². The van der Waals surface area contributed by atoms with E-state index in [0.717, 1.165) is 12.8 Å². The van der Waals surface area contributed by atoms with Gasteiger partial charge in [-0.1, -0.05) is 49.8 Å². The van der Waals surface area contributed by atoms with Crippen molar-refractivity contribution < 1.29 is 0 Å². The average Bonchev–Trinajstić information content (AvgIpc) is 2.18. The Kier molecular flexibility index (Phi) is 7.71. The Morgan fingerprint density at radius 3 is 2.07 bits per heavy atom. The highest BCUT2D eigenvalue weighted by Crippen LogP contribution is 2.14. The molecule has 0 aliphatic carbocycles. The topological polar surface area (TPSA) is 0 Å². The fourth-order valence-electron chi connectivity index (χ4n) is 1.25. The fourth-order valence-corrected chi connectivity index (χ4v) is 1.25. The summed E-state index contributed by atoms with van der Waals surface area (Å²) in [6, 6.07) is 0. The Morgan fingerprint density at radius 1 is 0.933 bits per heavy atom. The van der Waals surface area contributed by atoms with Gasteiger partial charge in [-0.2, -0.15) is 0 Å². The molecule has 0 unspecified atom stereocenters. The second-order valence-corrected chi connectivity index (χ2v) is 3.98. The van der Waals surface area contributed by atoms with Crippen LogP contribution in [0.4, 0.5) is 0 Å². The summed E-state index contributed by atoms with van der Waals surface area (Å²) in [5, 5.41) is 0. The van der Waals surface area contributed by atoms with Gasteiger partial charge in [-0.05, 0) is 44.8 Å². The van der Waals surface area contributed by atoms with Crippen molar-refractivity contribution in [2.75, 3.05) is 0 Å². The van der Waals surface area contributed by atoms with Gasteiger partial charge < -0.3 is 0 Å². The summed E-state index contributed by atoms with van der Waals surface area (Å²) in [5.74, 6) is 0. The molecule has 0 fully saturated rings. The van der Waals surface area contributed by atoms with E-state index >= 15 is 0 Å². The van der Waals surface area contributed by atoms with Crippen LogP contribution in [0.1, 0.15) is 47.5 Å². The van der Waals surface area contributed by atoms with Crippen LogP contribution < -0.4 is 0 Å². The first-order valence-corrected chi connectivity index (χ1v) is 5.79. The van der Waals surface area contributed by atoms with Crippen molar-refractivity contribution in [3.8, 4) is 0 Å². The van der Waals surface area contributed by atoms with E-state index in [1.54, 1.807) is 0 Å². The van der Waals surface area contributed by atoms with Crippen molar-refractivity contribution in [3.63, 3.8) is 0 Å². The second kappa shape index (κ2) is 8.28. The van der Waals surface area contributed by atoms with Gasteiger partial charge >= 0.3 is 0 Å². The van der Waals surface area contributed by atoms with Crippen LogP contribution >= 0.6 is 0 Å². The molecule has 15 heavy (non-hydrogen) atoms. The second-order valence-electron chi connectivity index (χ2n) is 3.98. The van der Waals surface area contributed by atoms with Crippen LogP contribution in [0, 0.1) is 0 Å². The predicted octanol–water partition coefficient (Wildman–Crippen LogP) is 5.20. The lowest BCUT2D eigenvalue weighted by Crippen LogP contribution is -1.82. The molecular formula is C15H24. The fraction of sp³-hybridized carbons (Fsp3) is 0.467. The normalized spacial score (nSPS) is 13.4. The molecule has 0 aromatic rings. The summed E-state index contributed by atoms with van der Waals surface area (Å²) in [7, 11) is 0. The highest BCUT2D eigenvalue weighted by atomic mass is 14.0. The number of hydrogen-bond acceptors (Lipinski definition) is 0. The maximum Gasteiger partial charge on any atom is -0.0305 e. The van der Waals surface area contributed by atoms with E-state index in [0.29, 0.717) is 0 Å². The molecule has 84 valence electrons. The molecule has 0 heterocycles. The van der Waals surface area contributed by atoms with E-state index in [2.05, 4.69) is 65.0 Å². The molecule has 0 saturated carbocycles. The van der Waals surface area contributed by atoms with Gasteiger partial charge in [0.2, 0.25) is 0 Å². The van der Waals surface area contributed by atoms with Gasteiger partial charge in [0.05, 0.1) is 0 Å². The molecular weight excluding hydrogens is 180 g/mol. The maximum absolute atomic E-state index is 2.22. The lowest BCUT2D eigenvalue weighted by Gasteiger charge is -2.02. The highest BCUT2D eigenvalue weighted by Gasteiger charge is 1.94. The van der Waals surface area contributed by atoms with E-state index in [-0.39, 0.29) is 0 Å². The quantitative estimate of drug-likeness (QED) is 0.540. The Balaban J connectivity index is 4.67. The smallest absolute Gasteiger partial charge is 0.0305 e. The minimum Gasteiger partial charge on any atom is -0.0848 e. The molecule has 0 rings (SSSR count). The molecule has 0 heteroatoms. The first-order valence-electron chi connectivity index (χ1n) is 5.79. The minimum atomic E-state index is 1.09. The molecule has 0 saturated heterocycles. The van der Waals surface area contributed by atoms with Crippen molar-refractivity contribution in [2.45, 2.75) is 47.5 Å². The summed E-state index contributed by atoms with van der Waals surface area (Å²) in [5.41, 5.74) is 4.12. The zero-order chi connectivity index (χ0) is 11.7. The average molecular weight is 204 g/mol. The lowest BCUT2D eigenvalue weighted by molar-refractivity contribution is 1.10. The van der Waals surface area contributed by atoms with Crippen LogP contribution in [0.5, 0.6) is 0 Å². The van der Waals surface area contributed by atoms with Crippen LogP contribution in [0.15, 0.2) is 47.1 Å². The number of rotatable bonds is 5. The first kappa shape index (κ1) is 14.0. The van der Waals surface area contributed by atoms with Gasteiger partial charge in [0.25, 0.3) is 0 Å². The zero-order valence-electron chi connectivity index (χ0n) is 10.8. The molecule has 0 aromatic carbocycles. The zero-order valence-corrected chi connectivity index (χ0v) is 10.8. The van der Waals surface area contributed by atoms with Gasteiger partial charge in [0, 0.05) is 0 Å². The predicted molar refractivity (Wildman–Crippen MR) is 71.0 cm³/mol. The van der Waals surface area contributed by atoms with Crippen LogP contribution in [0.3, 0.4) is 0 Å². The molecule has 0 aliphatic heterocycles. The van der Waals surface area contributed by atoms with Gasteiger partial charge in [0.15, 0.2) is 0 Å². The summed E-state index contributed by atoms with van der Waals surface area (Å²) >= 11 is 0. The molecule has 0 atom stereocenters. The van der Waals surface area contributed by atoms with Crippen molar-refractivity contribution in [3.05, 3.63) is 47.1 Å². The largest absolute Gasteiger partial charge is 0.0848 e. The third-order valence-corrected chi connectivity index (χ3v) is 2.22. The molecule has 0 bridgehead atoms. The third kappa shape index (κ3) is 6.96. The molecule has 0 amide bonds. The van der Waals surface area contributed by atoms with Crippen molar-refractivity contribution in [1.82, 2.24) is 0 Å². The lowest BCUT2D eigenvalue weighted by atomic mass is 10.0. The Morgan fingerprint density at radius 2 is 1.60 bits per heavy atom. The molecule has 0 N–H and O–H groups in total. The Labute approximate surface area is 95.1 Å². The van der Waals surface area contributed by atoms with Gasteiger partial charge in [-0.25, -0.2) is 0 Å². The number of hydrogen-bond donors (Lipinski definition) is 0. The van der Waals surface area contributed by atoms with Crippen LogP contribution in [0.2, 0.25) is 0 Å². The van der Waals surface area contributed by atoms with Crippen LogP contribution in [0.25, 0.3) is 0 Å². The van der Waals surface area contributed by atoms with E-state index in [1.165, 1.54) is 16.7 Å². The molecule has 0 radical (unpaired) electrons. The summed E-state index contributed by atoms with van der Waals surface area (Å²) in [6.45, 7) is 10.8. The third-order valence-electron chi connectivity index (χ3n) is 2.22. The van der Waals surface area contributed by atoms with E-state index in [1.807, 2.05) is 0 Å². The minimum absolute atomic E-state index is 1.09. The first-order chi connectivity index (χ1) is 7.11. The summed E-state index contributed by atoms with van der Waals surface area (Å²) in [6.07, 6.45) is 13.1. The van der Waals surface area contributed by atoms with Gasteiger partial charge in [-0.3, -0.25) is 0 Å².